The molecule has 26 heavy (non-hydrogen) atoms. The van der Waals surface area contributed by atoms with E-state index in [1.54, 1.807) is 7.11 Å². The highest BCUT2D eigenvalue weighted by atomic mass is 19.1. The summed E-state index contributed by atoms with van der Waals surface area (Å²) in [6, 6.07) is 16.3. The number of hydrogen-bond donors (Lipinski definition) is 1. The van der Waals surface area contributed by atoms with E-state index in [1.807, 2.05) is 24.3 Å². The van der Waals surface area contributed by atoms with Crippen molar-refractivity contribution in [3.05, 3.63) is 59.9 Å². The van der Waals surface area contributed by atoms with E-state index in [1.165, 1.54) is 30.5 Å². The second-order valence-corrected chi connectivity index (χ2v) is 7.72. The molecule has 2 aromatic rings. The maximum absolute atomic E-state index is 13.1. The van der Waals surface area contributed by atoms with Crippen LogP contribution < -0.4 is 10.1 Å². The van der Waals surface area contributed by atoms with Gasteiger partial charge in [-0.1, -0.05) is 19.1 Å². The molecule has 0 radical (unpaired) electrons. The molecule has 2 heterocycles. The highest BCUT2D eigenvalue weighted by molar-refractivity contribution is 5.43. The lowest BCUT2D eigenvalue weighted by Crippen LogP contribution is -2.62. The van der Waals surface area contributed by atoms with Gasteiger partial charge in [0.2, 0.25) is 0 Å². The Bertz CT molecular complexity index is 725. The van der Waals surface area contributed by atoms with Gasteiger partial charge in [0.15, 0.2) is 0 Å². The van der Waals surface area contributed by atoms with Crippen molar-refractivity contribution in [3.8, 4) is 5.75 Å². The summed E-state index contributed by atoms with van der Waals surface area (Å²) in [6.45, 7) is 4.26. The van der Waals surface area contributed by atoms with Gasteiger partial charge >= 0.3 is 0 Å². The first-order valence-corrected chi connectivity index (χ1v) is 9.52. The molecule has 2 saturated heterocycles. The Labute approximate surface area is 155 Å². The number of piperidine rings is 2. The van der Waals surface area contributed by atoms with Crippen LogP contribution in [0.25, 0.3) is 0 Å². The fourth-order valence-electron chi connectivity index (χ4n) is 4.50. The average Bonchev–Trinajstić information content (AvgIpc) is 2.62. The van der Waals surface area contributed by atoms with Gasteiger partial charge in [-0.05, 0) is 66.6 Å². The minimum Gasteiger partial charge on any atom is -0.497 e. The van der Waals surface area contributed by atoms with Crippen molar-refractivity contribution in [1.82, 2.24) is 4.90 Å². The monoisotopic (exact) mass is 354 g/mol. The van der Waals surface area contributed by atoms with Crippen molar-refractivity contribution in [2.75, 3.05) is 19.0 Å². The number of benzene rings is 2. The lowest BCUT2D eigenvalue weighted by atomic mass is 9.64. The van der Waals surface area contributed by atoms with Crippen molar-refractivity contribution in [2.24, 2.45) is 11.8 Å². The van der Waals surface area contributed by atoms with Crippen LogP contribution in [0.2, 0.25) is 0 Å². The van der Waals surface area contributed by atoms with Crippen molar-refractivity contribution in [2.45, 2.75) is 38.4 Å². The molecular weight excluding hydrogens is 327 g/mol. The van der Waals surface area contributed by atoms with Crippen LogP contribution in [0.1, 0.15) is 25.3 Å². The molecule has 138 valence electrons. The van der Waals surface area contributed by atoms with E-state index in [0.717, 1.165) is 30.4 Å². The molecule has 3 fully saturated rings. The van der Waals surface area contributed by atoms with Gasteiger partial charge in [-0.3, -0.25) is 4.90 Å². The van der Waals surface area contributed by atoms with Gasteiger partial charge in [-0.25, -0.2) is 4.39 Å². The molecule has 0 amide bonds. The standard InChI is InChI=1S/C22H27FN2O/c1-15-17-11-20(12-17)25(14-16-3-9-21(26-2)10-4-16)22(15)13-24-19-7-5-18(23)6-8-19/h3-10,15,17,20,22,24H,11-14H2,1-2H3/t15-,17?,20?,22-/m1/s1. The van der Waals surface area contributed by atoms with Crippen molar-refractivity contribution in [3.63, 3.8) is 0 Å². The predicted octanol–water partition coefficient (Wildman–Crippen LogP) is 4.55. The Morgan fingerprint density at radius 2 is 1.77 bits per heavy atom. The summed E-state index contributed by atoms with van der Waals surface area (Å²) in [7, 11) is 1.70. The number of ether oxygens (including phenoxy) is 1. The lowest BCUT2D eigenvalue weighted by Gasteiger charge is -2.57. The van der Waals surface area contributed by atoms with Crippen LogP contribution in [0.15, 0.2) is 48.5 Å². The highest BCUT2D eigenvalue weighted by Gasteiger charge is 2.48. The number of methoxy groups -OCH3 is 1. The quantitative estimate of drug-likeness (QED) is 0.824. The topological polar surface area (TPSA) is 24.5 Å². The number of halogens is 1. The summed E-state index contributed by atoms with van der Waals surface area (Å²) in [5.74, 6) is 2.24. The summed E-state index contributed by atoms with van der Waals surface area (Å²) < 4.78 is 18.4. The molecule has 4 heteroatoms. The van der Waals surface area contributed by atoms with Crippen LogP contribution in [0.4, 0.5) is 10.1 Å². The average molecular weight is 354 g/mol. The summed E-state index contributed by atoms with van der Waals surface area (Å²) in [5.41, 5.74) is 2.32. The lowest BCUT2D eigenvalue weighted by molar-refractivity contribution is -0.0745. The Morgan fingerprint density at radius 1 is 1.08 bits per heavy atom. The van der Waals surface area contributed by atoms with E-state index in [-0.39, 0.29) is 5.82 Å². The molecular formula is C22H27FN2O. The molecule has 1 aliphatic carbocycles. The molecule has 2 bridgehead atoms. The molecule has 2 aliphatic heterocycles. The molecule has 1 N–H and O–H groups in total. The third kappa shape index (κ3) is 3.43. The highest BCUT2D eigenvalue weighted by Crippen LogP contribution is 2.46. The SMILES string of the molecule is COc1ccc(CN2C3CC(C3)[C@@H](C)[C@H]2CNc2ccc(F)cc2)cc1. The van der Waals surface area contributed by atoms with Crippen molar-refractivity contribution < 1.29 is 9.13 Å². The van der Waals surface area contributed by atoms with Gasteiger partial charge in [0.05, 0.1) is 7.11 Å². The minimum absolute atomic E-state index is 0.191. The summed E-state index contributed by atoms with van der Waals surface area (Å²) in [4.78, 5) is 2.67. The number of fused-ring (bicyclic) bond motifs is 2. The van der Waals surface area contributed by atoms with Crippen LogP contribution in [-0.2, 0) is 6.54 Å². The van der Waals surface area contributed by atoms with Gasteiger partial charge in [0, 0.05) is 30.9 Å². The Balaban J connectivity index is 1.45. The first kappa shape index (κ1) is 17.3. The third-order valence-electron chi connectivity index (χ3n) is 6.28. The maximum Gasteiger partial charge on any atom is 0.123 e. The molecule has 3 nitrogen and oxygen atoms in total. The zero-order valence-corrected chi connectivity index (χ0v) is 15.5. The van der Waals surface area contributed by atoms with E-state index in [9.17, 15) is 4.39 Å². The summed E-state index contributed by atoms with van der Waals surface area (Å²) in [6.07, 6.45) is 2.65. The van der Waals surface area contributed by atoms with Gasteiger partial charge in [-0.15, -0.1) is 0 Å². The molecule has 0 spiro atoms. The van der Waals surface area contributed by atoms with Gasteiger partial charge < -0.3 is 10.1 Å². The van der Waals surface area contributed by atoms with E-state index in [0.29, 0.717) is 18.0 Å². The van der Waals surface area contributed by atoms with E-state index >= 15 is 0 Å². The van der Waals surface area contributed by atoms with Crippen LogP contribution in [0.5, 0.6) is 5.75 Å². The molecule has 0 aromatic heterocycles. The molecule has 0 unspecified atom stereocenters. The van der Waals surface area contributed by atoms with Crippen LogP contribution in [-0.4, -0.2) is 30.6 Å². The largest absolute Gasteiger partial charge is 0.497 e. The van der Waals surface area contributed by atoms with Crippen LogP contribution in [0, 0.1) is 17.7 Å². The number of nitrogens with zero attached hydrogens (tertiary/aromatic N) is 1. The molecule has 3 aliphatic rings. The first-order chi connectivity index (χ1) is 12.6. The predicted molar refractivity (Wildman–Crippen MR) is 103 cm³/mol. The van der Waals surface area contributed by atoms with E-state index < -0.39 is 0 Å². The van der Waals surface area contributed by atoms with Gasteiger partial charge in [-0.2, -0.15) is 0 Å². The second kappa shape index (κ2) is 7.28. The Hall–Kier alpha value is -2.07. The molecule has 5 rings (SSSR count). The zero-order valence-electron chi connectivity index (χ0n) is 15.5. The van der Waals surface area contributed by atoms with E-state index in [4.69, 9.17) is 4.74 Å². The number of hydrogen-bond acceptors (Lipinski definition) is 3. The Morgan fingerprint density at radius 3 is 2.42 bits per heavy atom. The van der Waals surface area contributed by atoms with Crippen molar-refractivity contribution >= 4 is 5.69 Å². The van der Waals surface area contributed by atoms with E-state index in [2.05, 4.69) is 29.3 Å². The zero-order chi connectivity index (χ0) is 18.1. The molecule has 2 aromatic carbocycles. The Kier molecular flexibility index (Phi) is 4.86. The number of rotatable bonds is 6. The number of nitrogens with one attached hydrogen (secondary N) is 1. The smallest absolute Gasteiger partial charge is 0.123 e. The summed E-state index contributed by atoms with van der Waals surface area (Å²) >= 11 is 0. The molecule has 2 atom stereocenters. The van der Waals surface area contributed by atoms with Crippen LogP contribution >= 0.6 is 0 Å². The van der Waals surface area contributed by atoms with Gasteiger partial charge in [0.25, 0.3) is 0 Å². The first-order valence-electron chi connectivity index (χ1n) is 9.52. The fourth-order valence-corrected chi connectivity index (χ4v) is 4.50. The molecule has 1 saturated carbocycles. The summed E-state index contributed by atoms with van der Waals surface area (Å²) in [5, 5.41) is 3.52. The fraction of sp³-hybridized carbons (Fsp3) is 0.455. The maximum atomic E-state index is 13.1. The van der Waals surface area contributed by atoms with Crippen molar-refractivity contribution in [1.29, 1.82) is 0 Å². The second-order valence-electron chi connectivity index (χ2n) is 7.72. The van der Waals surface area contributed by atoms with Gasteiger partial charge in [0.1, 0.15) is 11.6 Å². The normalized spacial score (nSPS) is 27.7. The minimum atomic E-state index is -0.191. The third-order valence-corrected chi connectivity index (χ3v) is 6.28. The number of anilines is 1. The van der Waals surface area contributed by atoms with Crippen LogP contribution in [0.3, 0.4) is 0 Å².